The molecule has 0 heterocycles. The van der Waals surface area contributed by atoms with Gasteiger partial charge in [-0.25, -0.2) is 4.79 Å². The molecule has 2 N–H and O–H groups in total. The van der Waals surface area contributed by atoms with Gasteiger partial charge in [-0.15, -0.1) is 0 Å². The highest BCUT2D eigenvalue weighted by atomic mass is 16.5. The molecule has 0 bridgehead atoms. The summed E-state index contributed by atoms with van der Waals surface area (Å²) in [6.45, 7) is 0.0850. The van der Waals surface area contributed by atoms with Crippen molar-refractivity contribution in [3.63, 3.8) is 0 Å². The topological polar surface area (TPSA) is 94.1 Å². The third-order valence-corrected chi connectivity index (χ3v) is 3.69. The van der Waals surface area contributed by atoms with E-state index in [1.54, 1.807) is 18.2 Å². The van der Waals surface area contributed by atoms with E-state index < -0.39 is 18.1 Å². The van der Waals surface area contributed by atoms with Crippen molar-refractivity contribution in [2.45, 2.75) is 19.1 Å². The quantitative estimate of drug-likeness (QED) is 0.752. The number of carbonyl (C=O) groups is 2. The Morgan fingerprint density at radius 3 is 2.38 bits per heavy atom. The maximum absolute atomic E-state index is 12.1. The van der Waals surface area contributed by atoms with Crippen molar-refractivity contribution in [1.29, 1.82) is 0 Å². The van der Waals surface area contributed by atoms with Gasteiger partial charge in [0.05, 0.1) is 26.7 Å². The number of ether oxygens (including phenoxy) is 3. The standard InChI is InChI=1S/C19H21NO6/c1-24-16-10-6-9-14(18(16)25-2)15(11-17(21)22)20-19(23)26-12-13-7-4-3-5-8-13/h3-10,15H,11-12H2,1-2H3,(H,20,23)(H,21,22). The Morgan fingerprint density at radius 2 is 1.77 bits per heavy atom. The molecule has 0 saturated carbocycles. The average molecular weight is 359 g/mol. The molecule has 7 nitrogen and oxygen atoms in total. The number of nitrogens with one attached hydrogen (secondary N) is 1. The first kappa shape index (κ1) is 19.1. The normalized spacial score (nSPS) is 11.3. The maximum Gasteiger partial charge on any atom is 0.407 e. The first-order chi connectivity index (χ1) is 12.5. The Bertz CT molecular complexity index is 747. The van der Waals surface area contributed by atoms with Crippen LogP contribution in [0, 0.1) is 0 Å². The van der Waals surface area contributed by atoms with E-state index in [0.29, 0.717) is 17.1 Å². The van der Waals surface area contributed by atoms with Crippen molar-refractivity contribution in [2.75, 3.05) is 14.2 Å². The van der Waals surface area contributed by atoms with E-state index in [9.17, 15) is 14.7 Å². The smallest absolute Gasteiger partial charge is 0.407 e. The number of methoxy groups -OCH3 is 2. The molecule has 1 atom stereocenters. The van der Waals surface area contributed by atoms with Gasteiger partial charge in [0, 0.05) is 5.56 Å². The lowest BCUT2D eigenvalue weighted by molar-refractivity contribution is -0.137. The molecule has 2 rings (SSSR count). The van der Waals surface area contributed by atoms with Crippen molar-refractivity contribution in [3.8, 4) is 11.5 Å². The van der Waals surface area contributed by atoms with Gasteiger partial charge in [-0.3, -0.25) is 4.79 Å². The number of amides is 1. The second kappa shape index (κ2) is 9.31. The van der Waals surface area contributed by atoms with Crippen LogP contribution >= 0.6 is 0 Å². The van der Waals surface area contributed by atoms with E-state index in [1.807, 2.05) is 30.3 Å². The minimum absolute atomic E-state index is 0.0850. The molecule has 2 aromatic carbocycles. The van der Waals surface area contributed by atoms with Gasteiger partial charge in [-0.2, -0.15) is 0 Å². The second-order valence-electron chi connectivity index (χ2n) is 5.44. The minimum atomic E-state index is -1.07. The Morgan fingerprint density at radius 1 is 1.04 bits per heavy atom. The van der Waals surface area contributed by atoms with Crippen LogP contribution in [0.1, 0.15) is 23.6 Å². The predicted octanol–water partition coefficient (Wildman–Crippen LogP) is 3.15. The average Bonchev–Trinajstić information content (AvgIpc) is 2.65. The van der Waals surface area contributed by atoms with Gasteiger partial charge in [0.15, 0.2) is 11.5 Å². The minimum Gasteiger partial charge on any atom is -0.493 e. The number of benzene rings is 2. The largest absolute Gasteiger partial charge is 0.493 e. The van der Waals surface area contributed by atoms with Crippen molar-refractivity contribution in [2.24, 2.45) is 0 Å². The molecule has 138 valence electrons. The summed E-state index contributed by atoms with van der Waals surface area (Å²) >= 11 is 0. The lowest BCUT2D eigenvalue weighted by Gasteiger charge is -2.21. The zero-order valence-corrected chi connectivity index (χ0v) is 14.6. The molecule has 1 unspecified atom stereocenters. The van der Waals surface area contributed by atoms with Crippen LogP contribution in [0.4, 0.5) is 4.79 Å². The summed E-state index contributed by atoms with van der Waals surface area (Å²) in [7, 11) is 2.93. The number of hydrogen-bond donors (Lipinski definition) is 2. The molecular weight excluding hydrogens is 338 g/mol. The molecule has 1 amide bonds. The zero-order valence-electron chi connectivity index (χ0n) is 14.6. The van der Waals surface area contributed by atoms with E-state index in [0.717, 1.165) is 5.56 Å². The lowest BCUT2D eigenvalue weighted by atomic mass is 10.0. The fourth-order valence-corrected chi connectivity index (χ4v) is 2.51. The van der Waals surface area contributed by atoms with Crippen LogP contribution in [-0.4, -0.2) is 31.4 Å². The van der Waals surface area contributed by atoms with Gasteiger partial charge >= 0.3 is 12.1 Å². The number of carboxylic acids is 1. The zero-order chi connectivity index (χ0) is 18.9. The van der Waals surface area contributed by atoms with Gasteiger partial charge in [-0.1, -0.05) is 42.5 Å². The van der Waals surface area contributed by atoms with Gasteiger partial charge in [-0.05, 0) is 11.6 Å². The van der Waals surface area contributed by atoms with Crippen molar-refractivity contribution in [3.05, 3.63) is 59.7 Å². The highest BCUT2D eigenvalue weighted by molar-refractivity contribution is 5.72. The van der Waals surface area contributed by atoms with Gasteiger partial charge in [0.2, 0.25) is 0 Å². The van der Waals surface area contributed by atoms with E-state index in [4.69, 9.17) is 14.2 Å². The predicted molar refractivity (Wildman–Crippen MR) is 94.3 cm³/mol. The SMILES string of the molecule is COc1cccc(C(CC(=O)O)NC(=O)OCc2ccccc2)c1OC. The van der Waals surface area contributed by atoms with Crippen LogP contribution in [0.2, 0.25) is 0 Å². The molecule has 0 aliphatic heterocycles. The summed E-state index contributed by atoms with van der Waals surface area (Å²) < 4.78 is 15.7. The van der Waals surface area contributed by atoms with Gasteiger partial charge < -0.3 is 24.6 Å². The molecule has 0 aromatic heterocycles. The number of aliphatic carboxylic acids is 1. The molecule has 0 spiro atoms. The van der Waals surface area contributed by atoms with Crippen LogP contribution in [0.5, 0.6) is 11.5 Å². The van der Waals surface area contributed by atoms with E-state index in [-0.39, 0.29) is 13.0 Å². The fraction of sp³-hybridized carbons (Fsp3) is 0.263. The first-order valence-corrected chi connectivity index (χ1v) is 7.95. The number of carboxylic acid groups (broad SMARTS) is 1. The molecule has 0 fully saturated rings. The molecule has 26 heavy (non-hydrogen) atoms. The van der Waals surface area contributed by atoms with Gasteiger partial charge in [0.1, 0.15) is 6.61 Å². The highest BCUT2D eigenvalue weighted by Crippen LogP contribution is 2.35. The first-order valence-electron chi connectivity index (χ1n) is 7.95. The third kappa shape index (κ3) is 5.14. The lowest BCUT2D eigenvalue weighted by Crippen LogP contribution is -2.31. The Kier molecular flexibility index (Phi) is 6.84. The maximum atomic E-state index is 12.1. The third-order valence-electron chi connectivity index (χ3n) is 3.69. The summed E-state index contributed by atoms with van der Waals surface area (Å²) in [4.78, 5) is 23.4. The van der Waals surface area contributed by atoms with Crippen LogP contribution in [0.3, 0.4) is 0 Å². The van der Waals surface area contributed by atoms with Crippen molar-refractivity contribution in [1.82, 2.24) is 5.32 Å². The Labute approximate surface area is 151 Å². The Hall–Kier alpha value is -3.22. The molecule has 0 radical (unpaired) electrons. The molecule has 2 aromatic rings. The number of para-hydroxylation sites is 1. The summed E-state index contributed by atoms with van der Waals surface area (Å²) in [6.07, 6.45) is -1.05. The Balaban J connectivity index is 2.15. The molecule has 0 aliphatic carbocycles. The molecular formula is C19H21NO6. The molecule has 0 saturated heterocycles. The number of hydrogen-bond acceptors (Lipinski definition) is 5. The van der Waals surface area contributed by atoms with E-state index in [1.165, 1.54) is 14.2 Å². The molecule has 7 heteroatoms. The number of alkyl carbamates (subject to hydrolysis) is 1. The highest BCUT2D eigenvalue weighted by Gasteiger charge is 2.24. The summed E-state index contributed by atoms with van der Waals surface area (Å²) in [5.74, 6) is -0.257. The molecule has 0 aliphatic rings. The monoisotopic (exact) mass is 359 g/mol. The van der Waals surface area contributed by atoms with E-state index in [2.05, 4.69) is 5.32 Å². The van der Waals surface area contributed by atoms with Crippen molar-refractivity contribution < 1.29 is 28.9 Å². The van der Waals surface area contributed by atoms with Crippen LogP contribution in [-0.2, 0) is 16.1 Å². The summed E-state index contributed by atoms with van der Waals surface area (Å²) in [5, 5.41) is 11.8. The van der Waals surface area contributed by atoms with Crippen molar-refractivity contribution >= 4 is 12.1 Å². The van der Waals surface area contributed by atoms with Crippen LogP contribution in [0.25, 0.3) is 0 Å². The number of rotatable bonds is 8. The summed E-state index contributed by atoms with van der Waals surface area (Å²) in [6, 6.07) is 13.4. The fourth-order valence-electron chi connectivity index (χ4n) is 2.51. The number of carbonyl (C=O) groups excluding carboxylic acids is 1. The van der Waals surface area contributed by atoms with Gasteiger partial charge in [0.25, 0.3) is 0 Å². The second-order valence-corrected chi connectivity index (χ2v) is 5.44. The van der Waals surface area contributed by atoms with Crippen LogP contribution < -0.4 is 14.8 Å². The van der Waals surface area contributed by atoms with E-state index >= 15 is 0 Å². The summed E-state index contributed by atoms with van der Waals surface area (Å²) in [5.41, 5.74) is 1.32. The van der Waals surface area contributed by atoms with Crippen LogP contribution in [0.15, 0.2) is 48.5 Å².